The molecular formula is C29H32N2O10. The largest absolute Gasteiger partial charge is 0.493 e. The average Bonchev–Trinajstić information content (AvgIpc) is 3.10. The summed E-state index contributed by atoms with van der Waals surface area (Å²) in [6.45, 7) is 0. The maximum absolute atomic E-state index is 13.0. The van der Waals surface area contributed by atoms with Crippen molar-refractivity contribution in [3.63, 3.8) is 0 Å². The van der Waals surface area contributed by atoms with E-state index in [0.29, 0.717) is 51.8 Å². The lowest BCUT2D eigenvalue weighted by atomic mass is 9.95. The number of hydroxylamine groups is 2. The van der Waals surface area contributed by atoms with Gasteiger partial charge in [-0.25, -0.2) is 4.79 Å². The van der Waals surface area contributed by atoms with Crippen LogP contribution in [0.3, 0.4) is 0 Å². The highest BCUT2D eigenvalue weighted by Gasteiger charge is 2.33. The molecule has 1 fully saturated rings. The van der Waals surface area contributed by atoms with Gasteiger partial charge in [0.15, 0.2) is 17.2 Å². The predicted octanol–water partition coefficient (Wildman–Crippen LogP) is 2.63. The number of ether oxygens (including phenoxy) is 4. The quantitative estimate of drug-likeness (QED) is 0.424. The number of benzene rings is 1. The van der Waals surface area contributed by atoms with E-state index in [1.54, 1.807) is 12.1 Å². The lowest BCUT2D eigenvalue weighted by Gasteiger charge is -2.20. The molecule has 2 aromatic carbocycles. The van der Waals surface area contributed by atoms with Gasteiger partial charge in [-0.05, 0) is 54.2 Å². The molecular weight excluding hydrogens is 536 g/mol. The number of nitrogens with zero attached hydrogens (tertiary/aromatic N) is 1. The lowest BCUT2D eigenvalue weighted by molar-refractivity contribution is -0.197. The average molecular weight is 569 g/mol. The number of methoxy groups -OCH3 is 4. The predicted molar refractivity (Wildman–Crippen MR) is 145 cm³/mol. The fourth-order valence-electron chi connectivity index (χ4n) is 5.08. The van der Waals surface area contributed by atoms with Crippen LogP contribution in [0.15, 0.2) is 29.1 Å². The van der Waals surface area contributed by atoms with Crippen LogP contribution in [0.1, 0.15) is 55.7 Å². The fraction of sp³-hybridized carbons (Fsp3) is 0.414. The van der Waals surface area contributed by atoms with Crippen LogP contribution >= 0.6 is 0 Å². The Morgan fingerprint density at radius 2 is 1.54 bits per heavy atom. The fourth-order valence-corrected chi connectivity index (χ4v) is 5.08. The maximum atomic E-state index is 13.0. The third-order valence-corrected chi connectivity index (χ3v) is 7.04. The van der Waals surface area contributed by atoms with Crippen molar-refractivity contribution in [3.05, 3.63) is 45.6 Å². The van der Waals surface area contributed by atoms with Crippen molar-refractivity contribution >= 4 is 23.7 Å². The molecule has 0 unspecified atom stereocenters. The van der Waals surface area contributed by atoms with E-state index in [9.17, 15) is 24.0 Å². The Hall–Kier alpha value is -4.61. The molecule has 1 heterocycles. The molecule has 3 amide bonds. The van der Waals surface area contributed by atoms with E-state index < -0.39 is 23.8 Å². The van der Waals surface area contributed by atoms with Gasteiger partial charge in [0.25, 0.3) is 11.8 Å². The first-order chi connectivity index (χ1) is 19.7. The molecule has 0 radical (unpaired) electrons. The molecule has 0 spiro atoms. The number of carbonyl (C=O) groups excluding carboxylic acids is 4. The molecule has 12 heteroatoms. The zero-order valence-electron chi connectivity index (χ0n) is 23.4. The number of carbonyl (C=O) groups is 4. The van der Waals surface area contributed by atoms with E-state index in [4.69, 9.17) is 23.8 Å². The van der Waals surface area contributed by atoms with Gasteiger partial charge in [0.05, 0.1) is 34.5 Å². The van der Waals surface area contributed by atoms with Crippen molar-refractivity contribution in [1.29, 1.82) is 0 Å². The summed E-state index contributed by atoms with van der Waals surface area (Å²) >= 11 is 0. The minimum atomic E-state index is -0.776. The Morgan fingerprint density at radius 1 is 0.854 bits per heavy atom. The van der Waals surface area contributed by atoms with Crippen LogP contribution in [0.4, 0.5) is 0 Å². The molecule has 4 rings (SSSR count). The number of rotatable bonds is 10. The minimum Gasteiger partial charge on any atom is -0.493 e. The van der Waals surface area contributed by atoms with E-state index >= 15 is 0 Å². The maximum Gasteiger partial charge on any atom is 0.333 e. The van der Waals surface area contributed by atoms with Crippen molar-refractivity contribution in [3.8, 4) is 34.1 Å². The summed E-state index contributed by atoms with van der Waals surface area (Å²) in [4.78, 5) is 66.2. The first-order valence-corrected chi connectivity index (χ1v) is 13.1. The van der Waals surface area contributed by atoms with Crippen LogP contribution in [-0.2, 0) is 30.4 Å². The van der Waals surface area contributed by atoms with Gasteiger partial charge in [0, 0.05) is 31.2 Å². The van der Waals surface area contributed by atoms with Gasteiger partial charge in [-0.1, -0.05) is 6.07 Å². The van der Waals surface area contributed by atoms with Gasteiger partial charge in [-0.3, -0.25) is 19.2 Å². The summed E-state index contributed by atoms with van der Waals surface area (Å²) in [6.07, 6.45) is 0.926. The molecule has 0 aromatic heterocycles. The number of hydrogen-bond donors (Lipinski definition) is 1. The van der Waals surface area contributed by atoms with Crippen LogP contribution in [0.2, 0.25) is 0 Å². The van der Waals surface area contributed by atoms with Crippen LogP contribution < -0.4 is 29.7 Å². The molecule has 1 saturated heterocycles. The zero-order valence-corrected chi connectivity index (χ0v) is 23.4. The summed E-state index contributed by atoms with van der Waals surface area (Å²) in [7, 11) is 5.96. The van der Waals surface area contributed by atoms with E-state index in [1.807, 2.05) is 6.07 Å². The molecule has 218 valence electrons. The molecule has 1 atom stereocenters. The number of amides is 3. The van der Waals surface area contributed by atoms with Crippen molar-refractivity contribution in [2.75, 3.05) is 28.4 Å². The third kappa shape index (κ3) is 6.11. The Morgan fingerprint density at radius 3 is 2.17 bits per heavy atom. The number of hydrogen-bond acceptors (Lipinski definition) is 10. The summed E-state index contributed by atoms with van der Waals surface area (Å²) in [5, 5.41) is 3.47. The van der Waals surface area contributed by atoms with E-state index in [0.717, 1.165) is 5.56 Å². The summed E-state index contributed by atoms with van der Waals surface area (Å²) < 4.78 is 22.2. The van der Waals surface area contributed by atoms with Gasteiger partial charge in [-0.15, -0.1) is 5.06 Å². The summed E-state index contributed by atoms with van der Waals surface area (Å²) in [5.74, 6) is -0.806. The minimum absolute atomic E-state index is 0.00138. The van der Waals surface area contributed by atoms with Crippen molar-refractivity contribution in [2.45, 2.75) is 51.0 Å². The van der Waals surface area contributed by atoms with Gasteiger partial charge < -0.3 is 29.1 Å². The molecule has 1 aliphatic heterocycles. The van der Waals surface area contributed by atoms with Crippen molar-refractivity contribution in [1.82, 2.24) is 10.4 Å². The van der Waals surface area contributed by atoms with Crippen LogP contribution in [0.25, 0.3) is 11.1 Å². The molecule has 0 saturated carbocycles. The molecule has 41 heavy (non-hydrogen) atoms. The third-order valence-electron chi connectivity index (χ3n) is 7.04. The topological polar surface area (TPSA) is 147 Å². The first-order valence-electron chi connectivity index (χ1n) is 13.1. The molecule has 1 N–H and O–H groups in total. The Kier molecular flexibility index (Phi) is 9.10. The van der Waals surface area contributed by atoms with E-state index in [-0.39, 0.29) is 49.2 Å². The smallest absolute Gasteiger partial charge is 0.333 e. The highest BCUT2D eigenvalue weighted by atomic mass is 16.7. The molecule has 2 aliphatic rings. The van der Waals surface area contributed by atoms with Gasteiger partial charge in [-0.2, -0.15) is 0 Å². The monoisotopic (exact) mass is 568 g/mol. The van der Waals surface area contributed by atoms with Crippen molar-refractivity contribution in [2.24, 2.45) is 0 Å². The van der Waals surface area contributed by atoms with E-state index in [2.05, 4.69) is 5.32 Å². The van der Waals surface area contributed by atoms with Crippen LogP contribution in [0.5, 0.6) is 23.0 Å². The zero-order chi connectivity index (χ0) is 29.7. The highest BCUT2D eigenvalue weighted by Crippen LogP contribution is 2.50. The van der Waals surface area contributed by atoms with Crippen molar-refractivity contribution < 1.29 is 43.0 Å². The van der Waals surface area contributed by atoms with Crippen LogP contribution in [-0.4, -0.2) is 57.2 Å². The highest BCUT2D eigenvalue weighted by molar-refractivity contribution is 6.01. The van der Waals surface area contributed by atoms with E-state index in [1.165, 1.54) is 34.5 Å². The Bertz CT molecular complexity index is 1420. The summed E-state index contributed by atoms with van der Waals surface area (Å²) in [6, 6.07) is 6.08. The second-order valence-corrected chi connectivity index (χ2v) is 9.52. The van der Waals surface area contributed by atoms with Gasteiger partial charge >= 0.3 is 5.97 Å². The number of nitrogens with one attached hydrogen (secondary N) is 1. The number of fused-ring (bicyclic) bond motifs is 3. The summed E-state index contributed by atoms with van der Waals surface area (Å²) in [5.41, 5.74) is 2.46. The second kappa shape index (κ2) is 12.7. The first kappa shape index (κ1) is 29.4. The standard InChI is InChI=1S/C29H32N2O10/c1-37-21-11-9-17-18(15-20(21)32)19(10-8-16-14-22(38-2)28(39-3)29(40-4)27(16)17)30-23(33)6-5-7-26(36)41-31-24(34)12-13-25(31)35/h9,11,14-15,19H,5-8,10,12-13H2,1-4H3,(H,30,33)/t19-/m0/s1. The Balaban J connectivity index is 1.59. The number of aryl methyl sites for hydroxylation is 1. The number of imide groups is 1. The molecule has 0 bridgehead atoms. The molecule has 12 nitrogen and oxygen atoms in total. The normalized spacial score (nSPS) is 15.8. The Labute approximate surface area is 236 Å². The SMILES string of the molecule is COc1cc2c(c(OC)c1OC)-c1ccc(OC)c(=O)cc1[C@@H](NC(=O)CCCC(=O)ON1C(=O)CCC1=O)CC2. The molecule has 1 aliphatic carbocycles. The van der Waals surface area contributed by atoms with Gasteiger partial charge in [0.1, 0.15) is 0 Å². The second-order valence-electron chi connectivity index (χ2n) is 9.52. The molecule has 2 aromatic rings. The van der Waals surface area contributed by atoms with Gasteiger partial charge in [0.2, 0.25) is 17.1 Å². The van der Waals surface area contributed by atoms with Crippen LogP contribution in [0, 0.1) is 0 Å². The lowest BCUT2D eigenvalue weighted by Crippen LogP contribution is -2.32.